The average molecular weight is 168 g/mol. The van der Waals surface area contributed by atoms with Gasteiger partial charge < -0.3 is 11.5 Å². The van der Waals surface area contributed by atoms with Gasteiger partial charge in [-0.2, -0.15) is 0 Å². The van der Waals surface area contributed by atoms with E-state index in [9.17, 15) is 4.79 Å². The Bertz CT molecular complexity index is 278. The number of carbonyl (C=O) groups excluding carboxylic acids is 1. The highest BCUT2D eigenvalue weighted by Gasteiger charge is 2.07. The molecule has 0 spiro atoms. The molecule has 4 heteroatoms. The van der Waals surface area contributed by atoms with Crippen molar-refractivity contribution in [2.75, 3.05) is 5.73 Å². The van der Waals surface area contributed by atoms with Gasteiger partial charge in [-0.15, -0.1) is 12.6 Å². The second-order valence-corrected chi connectivity index (χ2v) is 2.59. The molecule has 0 heterocycles. The van der Waals surface area contributed by atoms with Crippen LogP contribution in [0.5, 0.6) is 0 Å². The van der Waals surface area contributed by atoms with Crippen LogP contribution in [-0.2, 0) is 0 Å². The molecule has 0 aliphatic carbocycles. The minimum Gasteiger partial charge on any atom is -0.398 e. The number of nitrogen functional groups attached to an aromatic ring is 1. The lowest BCUT2D eigenvalue weighted by atomic mass is 10.2. The van der Waals surface area contributed by atoms with Crippen LogP contribution in [0.15, 0.2) is 23.1 Å². The van der Waals surface area contributed by atoms with Crippen molar-refractivity contribution in [2.45, 2.75) is 4.90 Å². The van der Waals surface area contributed by atoms with Crippen LogP contribution in [0, 0.1) is 0 Å². The maximum Gasteiger partial charge on any atom is 0.251 e. The standard InChI is InChI=1S/C7H8N2OS/c8-4-2-1-3-5(11)6(4)7(9)10/h1-3,11H,8H2,(H2,9,10). The second-order valence-electron chi connectivity index (χ2n) is 2.11. The summed E-state index contributed by atoms with van der Waals surface area (Å²) in [5.41, 5.74) is 11.2. The van der Waals surface area contributed by atoms with Crippen LogP contribution < -0.4 is 11.5 Å². The minimum absolute atomic E-state index is 0.288. The Morgan fingerprint density at radius 2 is 2.09 bits per heavy atom. The molecule has 3 nitrogen and oxygen atoms in total. The molecule has 0 unspecified atom stereocenters. The maximum absolute atomic E-state index is 10.7. The molecule has 4 N–H and O–H groups in total. The van der Waals surface area contributed by atoms with E-state index in [0.717, 1.165) is 0 Å². The first-order chi connectivity index (χ1) is 5.13. The van der Waals surface area contributed by atoms with Gasteiger partial charge in [-0.3, -0.25) is 4.79 Å². The van der Waals surface area contributed by atoms with Crippen molar-refractivity contribution >= 4 is 24.2 Å². The summed E-state index contributed by atoms with van der Waals surface area (Å²) in [4.78, 5) is 11.2. The lowest BCUT2D eigenvalue weighted by Crippen LogP contribution is -2.14. The first-order valence-corrected chi connectivity index (χ1v) is 3.45. The zero-order valence-electron chi connectivity index (χ0n) is 5.74. The Kier molecular flexibility index (Phi) is 2.05. The third kappa shape index (κ3) is 1.46. The number of primary amides is 1. The van der Waals surface area contributed by atoms with Gasteiger partial charge in [0.25, 0.3) is 5.91 Å². The SMILES string of the molecule is NC(=O)c1c(N)cccc1S. The van der Waals surface area contributed by atoms with Gasteiger partial charge in [0.1, 0.15) is 0 Å². The summed E-state index contributed by atoms with van der Waals surface area (Å²) in [5, 5.41) is 0. The molecular weight excluding hydrogens is 160 g/mol. The van der Waals surface area contributed by atoms with Crippen molar-refractivity contribution in [2.24, 2.45) is 5.73 Å². The number of anilines is 1. The van der Waals surface area contributed by atoms with Crippen LogP contribution in [0.3, 0.4) is 0 Å². The third-order valence-electron chi connectivity index (χ3n) is 1.32. The van der Waals surface area contributed by atoms with Gasteiger partial charge in [-0.05, 0) is 12.1 Å². The first-order valence-electron chi connectivity index (χ1n) is 3.00. The van der Waals surface area contributed by atoms with E-state index < -0.39 is 5.91 Å². The van der Waals surface area contributed by atoms with E-state index in [2.05, 4.69) is 12.6 Å². The molecule has 0 atom stereocenters. The predicted molar refractivity (Wildman–Crippen MR) is 46.6 cm³/mol. The molecule has 0 aliphatic heterocycles. The predicted octanol–water partition coefficient (Wildman–Crippen LogP) is 0.656. The summed E-state index contributed by atoms with van der Waals surface area (Å²) in [5.74, 6) is -0.548. The normalized spacial score (nSPS) is 9.55. The Labute approximate surface area is 69.8 Å². The molecule has 0 saturated carbocycles. The molecule has 0 aliphatic rings. The van der Waals surface area contributed by atoms with Crippen LogP contribution in [0.4, 0.5) is 5.69 Å². The number of amides is 1. The van der Waals surface area contributed by atoms with E-state index in [1.807, 2.05) is 0 Å². The monoisotopic (exact) mass is 168 g/mol. The third-order valence-corrected chi connectivity index (χ3v) is 1.69. The summed E-state index contributed by atoms with van der Waals surface area (Å²) in [6.07, 6.45) is 0. The van der Waals surface area contributed by atoms with Crippen LogP contribution in [-0.4, -0.2) is 5.91 Å². The number of carbonyl (C=O) groups is 1. The van der Waals surface area contributed by atoms with Crippen molar-refractivity contribution in [3.8, 4) is 0 Å². The van der Waals surface area contributed by atoms with Crippen molar-refractivity contribution in [1.82, 2.24) is 0 Å². The summed E-state index contributed by atoms with van der Waals surface area (Å²) in [6, 6.07) is 4.99. The molecule has 0 bridgehead atoms. The van der Waals surface area contributed by atoms with E-state index in [1.54, 1.807) is 18.2 Å². The largest absolute Gasteiger partial charge is 0.398 e. The second kappa shape index (κ2) is 2.84. The molecular formula is C7H8N2OS. The van der Waals surface area contributed by atoms with Gasteiger partial charge in [0, 0.05) is 10.6 Å². The highest BCUT2D eigenvalue weighted by molar-refractivity contribution is 7.80. The molecule has 0 radical (unpaired) electrons. The molecule has 0 saturated heterocycles. The fourth-order valence-electron chi connectivity index (χ4n) is 0.826. The summed E-state index contributed by atoms with van der Waals surface area (Å²) in [6.45, 7) is 0. The Morgan fingerprint density at radius 1 is 1.45 bits per heavy atom. The van der Waals surface area contributed by atoms with Crippen LogP contribution in [0.1, 0.15) is 10.4 Å². The van der Waals surface area contributed by atoms with Crippen LogP contribution in [0.25, 0.3) is 0 Å². The average Bonchev–Trinajstić information content (AvgIpc) is 1.85. The highest BCUT2D eigenvalue weighted by Crippen LogP contribution is 2.18. The molecule has 11 heavy (non-hydrogen) atoms. The number of rotatable bonds is 1. The van der Waals surface area contributed by atoms with Gasteiger partial charge in [-0.25, -0.2) is 0 Å². The van der Waals surface area contributed by atoms with Crippen LogP contribution >= 0.6 is 12.6 Å². The fraction of sp³-hybridized carbons (Fsp3) is 0. The van der Waals surface area contributed by atoms with E-state index in [-0.39, 0.29) is 5.56 Å². The van der Waals surface area contributed by atoms with Gasteiger partial charge in [-0.1, -0.05) is 6.07 Å². The molecule has 1 rings (SSSR count). The molecule has 58 valence electrons. The molecule has 1 aromatic carbocycles. The molecule has 1 amide bonds. The lowest BCUT2D eigenvalue weighted by Gasteiger charge is -2.02. The first kappa shape index (κ1) is 7.94. The lowest BCUT2D eigenvalue weighted by molar-refractivity contribution is 0.0998. The fourth-order valence-corrected chi connectivity index (χ4v) is 1.15. The zero-order valence-corrected chi connectivity index (χ0v) is 6.64. The van der Waals surface area contributed by atoms with Crippen molar-refractivity contribution < 1.29 is 4.79 Å². The molecule has 1 aromatic rings. The number of hydrogen-bond acceptors (Lipinski definition) is 3. The smallest absolute Gasteiger partial charge is 0.251 e. The van der Waals surface area contributed by atoms with Crippen molar-refractivity contribution in [3.05, 3.63) is 23.8 Å². The van der Waals surface area contributed by atoms with E-state index in [4.69, 9.17) is 11.5 Å². The zero-order chi connectivity index (χ0) is 8.43. The van der Waals surface area contributed by atoms with Gasteiger partial charge in [0.15, 0.2) is 0 Å². The number of hydrogen-bond donors (Lipinski definition) is 3. The quantitative estimate of drug-likeness (QED) is 0.426. The van der Waals surface area contributed by atoms with Gasteiger partial charge in [0.2, 0.25) is 0 Å². The summed E-state index contributed by atoms with van der Waals surface area (Å²) in [7, 11) is 0. The Hall–Kier alpha value is -1.16. The Balaban J connectivity index is 3.32. The summed E-state index contributed by atoms with van der Waals surface area (Å²) >= 11 is 4.03. The minimum atomic E-state index is -0.548. The van der Waals surface area contributed by atoms with Gasteiger partial charge in [0.05, 0.1) is 5.56 Å². The van der Waals surface area contributed by atoms with E-state index >= 15 is 0 Å². The van der Waals surface area contributed by atoms with E-state index in [0.29, 0.717) is 10.6 Å². The van der Waals surface area contributed by atoms with Gasteiger partial charge >= 0.3 is 0 Å². The van der Waals surface area contributed by atoms with Crippen LogP contribution in [0.2, 0.25) is 0 Å². The van der Waals surface area contributed by atoms with Crippen molar-refractivity contribution in [3.63, 3.8) is 0 Å². The number of benzene rings is 1. The highest BCUT2D eigenvalue weighted by atomic mass is 32.1. The molecule has 0 aromatic heterocycles. The van der Waals surface area contributed by atoms with Crippen molar-refractivity contribution in [1.29, 1.82) is 0 Å². The summed E-state index contributed by atoms with van der Waals surface area (Å²) < 4.78 is 0. The maximum atomic E-state index is 10.7. The van der Waals surface area contributed by atoms with E-state index in [1.165, 1.54) is 0 Å². The molecule has 0 fully saturated rings. The topological polar surface area (TPSA) is 69.1 Å². The number of nitrogens with two attached hydrogens (primary N) is 2. The number of thiol groups is 1. The Morgan fingerprint density at radius 3 is 2.45 bits per heavy atom.